The lowest BCUT2D eigenvalue weighted by molar-refractivity contribution is 0.158. The molecule has 1 unspecified atom stereocenters. The van der Waals surface area contributed by atoms with Crippen LogP contribution in [0.5, 0.6) is 0 Å². The van der Waals surface area contributed by atoms with Gasteiger partial charge in [0, 0.05) is 0 Å². The van der Waals surface area contributed by atoms with E-state index in [1.54, 1.807) is 0 Å². The molecule has 0 heterocycles. The summed E-state index contributed by atoms with van der Waals surface area (Å²) in [5.74, 6) is 0.654. The number of rotatable bonds is 4. The van der Waals surface area contributed by atoms with Crippen LogP contribution in [0.3, 0.4) is 0 Å². The van der Waals surface area contributed by atoms with E-state index in [1.165, 1.54) is 16.7 Å². The van der Waals surface area contributed by atoms with E-state index < -0.39 is 0 Å². The first-order valence-corrected chi connectivity index (χ1v) is 6.17. The molecule has 90 valence electrons. The minimum absolute atomic E-state index is 0.304. The van der Waals surface area contributed by atoms with E-state index in [1.807, 2.05) is 0 Å². The smallest absolute Gasteiger partial charge is 0.0792 e. The van der Waals surface area contributed by atoms with E-state index in [-0.39, 0.29) is 6.10 Å². The fourth-order valence-corrected chi connectivity index (χ4v) is 1.99. The minimum atomic E-state index is -0.304. The quantitative estimate of drug-likeness (QED) is 0.810. The standard InChI is InChI=1S/C15H24O/c1-10(2)6-7-15(16)14-9-12(4)11(3)8-13(14)5/h8-10,15-16H,6-7H2,1-5H3. The molecule has 16 heavy (non-hydrogen) atoms. The predicted octanol–water partition coefficient (Wildman–Crippen LogP) is 4.08. The molecular weight excluding hydrogens is 196 g/mol. The topological polar surface area (TPSA) is 20.2 Å². The summed E-state index contributed by atoms with van der Waals surface area (Å²) in [7, 11) is 0. The number of aryl methyl sites for hydroxylation is 3. The highest BCUT2D eigenvalue weighted by Gasteiger charge is 2.12. The Morgan fingerprint density at radius 2 is 1.50 bits per heavy atom. The lowest BCUT2D eigenvalue weighted by atomic mass is 9.93. The normalized spacial score (nSPS) is 13.2. The van der Waals surface area contributed by atoms with Gasteiger partial charge in [-0.1, -0.05) is 26.0 Å². The van der Waals surface area contributed by atoms with Crippen molar-refractivity contribution < 1.29 is 5.11 Å². The largest absolute Gasteiger partial charge is 0.388 e. The van der Waals surface area contributed by atoms with Crippen molar-refractivity contribution in [3.63, 3.8) is 0 Å². The molecule has 0 aliphatic carbocycles. The molecule has 0 aliphatic rings. The summed E-state index contributed by atoms with van der Waals surface area (Å²) >= 11 is 0. The maximum atomic E-state index is 10.2. The van der Waals surface area contributed by atoms with Gasteiger partial charge >= 0.3 is 0 Å². The molecule has 1 aromatic rings. The van der Waals surface area contributed by atoms with Crippen molar-refractivity contribution in [2.75, 3.05) is 0 Å². The second-order valence-electron chi connectivity index (χ2n) is 5.28. The van der Waals surface area contributed by atoms with Crippen LogP contribution in [0.4, 0.5) is 0 Å². The molecule has 1 aromatic carbocycles. The molecule has 1 atom stereocenters. The molecule has 0 bridgehead atoms. The molecule has 1 N–H and O–H groups in total. The molecule has 0 aromatic heterocycles. The first kappa shape index (κ1) is 13.2. The third-order valence-electron chi connectivity index (χ3n) is 3.26. The van der Waals surface area contributed by atoms with Gasteiger partial charge in [-0.25, -0.2) is 0 Å². The summed E-state index contributed by atoms with van der Waals surface area (Å²) in [6.45, 7) is 10.7. The van der Waals surface area contributed by atoms with Crippen LogP contribution in [0.1, 0.15) is 55.0 Å². The van der Waals surface area contributed by atoms with Crippen molar-refractivity contribution in [3.8, 4) is 0 Å². The Morgan fingerprint density at radius 1 is 0.938 bits per heavy atom. The molecule has 1 nitrogen and oxygen atoms in total. The monoisotopic (exact) mass is 220 g/mol. The van der Waals surface area contributed by atoms with Gasteiger partial charge in [0.25, 0.3) is 0 Å². The summed E-state index contributed by atoms with van der Waals surface area (Å²) < 4.78 is 0. The van der Waals surface area contributed by atoms with E-state index >= 15 is 0 Å². The lowest BCUT2D eigenvalue weighted by Gasteiger charge is -2.16. The molecule has 1 heteroatoms. The second-order valence-corrected chi connectivity index (χ2v) is 5.28. The van der Waals surface area contributed by atoms with E-state index in [0.717, 1.165) is 18.4 Å². The Labute approximate surface area is 99.5 Å². The van der Waals surface area contributed by atoms with Crippen molar-refractivity contribution in [2.45, 2.75) is 53.6 Å². The van der Waals surface area contributed by atoms with Gasteiger partial charge in [-0.15, -0.1) is 0 Å². The van der Waals surface area contributed by atoms with E-state index in [9.17, 15) is 5.11 Å². The van der Waals surface area contributed by atoms with Gasteiger partial charge in [-0.3, -0.25) is 0 Å². The van der Waals surface area contributed by atoms with Gasteiger partial charge < -0.3 is 5.11 Å². The first-order chi connectivity index (χ1) is 7.41. The van der Waals surface area contributed by atoms with E-state index in [4.69, 9.17) is 0 Å². The lowest BCUT2D eigenvalue weighted by Crippen LogP contribution is -2.03. The molecule has 0 aliphatic heterocycles. The van der Waals surface area contributed by atoms with Crippen LogP contribution in [-0.4, -0.2) is 5.11 Å². The number of aliphatic hydroxyl groups excluding tert-OH is 1. The van der Waals surface area contributed by atoms with Gasteiger partial charge in [-0.05, 0) is 61.8 Å². The average molecular weight is 220 g/mol. The van der Waals surface area contributed by atoms with E-state index in [2.05, 4.69) is 46.8 Å². The average Bonchev–Trinajstić information content (AvgIpc) is 2.20. The van der Waals surface area contributed by atoms with Crippen molar-refractivity contribution >= 4 is 0 Å². The summed E-state index contributed by atoms with van der Waals surface area (Å²) in [5.41, 5.74) is 4.88. The number of hydrogen-bond acceptors (Lipinski definition) is 1. The van der Waals surface area contributed by atoms with Gasteiger partial charge in [-0.2, -0.15) is 0 Å². The zero-order valence-electron chi connectivity index (χ0n) is 11.2. The van der Waals surface area contributed by atoms with Gasteiger partial charge in [0.15, 0.2) is 0 Å². The van der Waals surface area contributed by atoms with Crippen LogP contribution < -0.4 is 0 Å². The number of aliphatic hydroxyl groups is 1. The predicted molar refractivity (Wildman–Crippen MR) is 69.7 cm³/mol. The SMILES string of the molecule is Cc1cc(C)c(C(O)CCC(C)C)cc1C. The Bertz CT molecular complexity index is 353. The molecular formula is C15H24O. The molecule has 1 rings (SSSR count). The van der Waals surface area contributed by atoms with Crippen LogP contribution >= 0.6 is 0 Å². The van der Waals surface area contributed by atoms with Gasteiger partial charge in [0.2, 0.25) is 0 Å². The number of hydrogen-bond donors (Lipinski definition) is 1. The van der Waals surface area contributed by atoms with Gasteiger partial charge in [0.1, 0.15) is 0 Å². The summed E-state index contributed by atoms with van der Waals surface area (Å²) in [6.07, 6.45) is 1.64. The van der Waals surface area contributed by atoms with Crippen molar-refractivity contribution in [1.29, 1.82) is 0 Å². The number of benzene rings is 1. The van der Waals surface area contributed by atoms with Crippen LogP contribution in [0.2, 0.25) is 0 Å². The Morgan fingerprint density at radius 3 is 2.06 bits per heavy atom. The maximum absolute atomic E-state index is 10.2. The molecule has 0 saturated heterocycles. The molecule has 0 radical (unpaired) electrons. The maximum Gasteiger partial charge on any atom is 0.0792 e. The molecule has 0 fully saturated rings. The zero-order chi connectivity index (χ0) is 12.3. The minimum Gasteiger partial charge on any atom is -0.388 e. The van der Waals surface area contributed by atoms with Crippen LogP contribution in [0.15, 0.2) is 12.1 Å². The second kappa shape index (κ2) is 5.49. The Balaban J connectivity index is 2.82. The van der Waals surface area contributed by atoms with E-state index in [0.29, 0.717) is 5.92 Å². The molecule has 0 saturated carbocycles. The zero-order valence-corrected chi connectivity index (χ0v) is 11.2. The van der Waals surface area contributed by atoms with Gasteiger partial charge in [0.05, 0.1) is 6.10 Å². The summed E-state index contributed by atoms with van der Waals surface area (Å²) in [5, 5.41) is 10.2. The molecule has 0 spiro atoms. The van der Waals surface area contributed by atoms with Crippen molar-refractivity contribution in [2.24, 2.45) is 5.92 Å². The third-order valence-corrected chi connectivity index (χ3v) is 3.26. The third kappa shape index (κ3) is 3.34. The van der Waals surface area contributed by atoms with Crippen LogP contribution in [-0.2, 0) is 0 Å². The fraction of sp³-hybridized carbons (Fsp3) is 0.600. The fourth-order valence-electron chi connectivity index (χ4n) is 1.99. The highest BCUT2D eigenvalue weighted by atomic mass is 16.3. The van der Waals surface area contributed by atoms with Crippen molar-refractivity contribution in [1.82, 2.24) is 0 Å². The van der Waals surface area contributed by atoms with Crippen LogP contribution in [0, 0.1) is 26.7 Å². The highest BCUT2D eigenvalue weighted by Crippen LogP contribution is 2.26. The van der Waals surface area contributed by atoms with Crippen LogP contribution in [0.25, 0.3) is 0 Å². The Hall–Kier alpha value is -0.820. The summed E-state index contributed by atoms with van der Waals surface area (Å²) in [6, 6.07) is 4.30. The highest BCUT2D eigenvalue weighted by molar-refractivity contribution is 5.37. The Kier molecular flexibility index (Phi) is 4.55. The summed E-state index contributed by atoms with van der Waals surface area (Å²) in [4.78, 5) is 0. The molecule has 0 amide bonds. The van der Waals surface area contributed by atoms with Crippen molar-refractivity contribution in [3.05, 3.63) is 34.4 Å². The first-order valence-electron chi connectivity index (χ1n) is 6.17.